The van der Waals surface area contributed by atoms with Gasteiger partial charge in [0.1, 0.15) is 5.75 Å². The second-order valence-corrected chi connectivity index (χ2v) is 6.97. The van der Waals surface area contributed by atoms with Crippen molar-refractivity contribution in [2.75, 3.05) is 20.2 Å². The van der Waals surface area contributed by atoms with Gasteiger partial charge in [0, 0.05) is 25.2 Å². The fraction of sp³-hybridized carbons (Fsp3) is 0.364. The van der Waals surface area contributed by atoms with Crippen LogP contribution in [0.15, 0.2) is 48.5 Å². The number of para-hydroxylation sites is 1. The molecule has 1 heterocycles. The minimum absolute atomic E-state index is 0.115. The minimum atomic E-state index is -0.962. The maximum Gasteiger partial charge on any atom is 0.335 e. The molecule has 0 aliphatic carbocycles. The van der Waals surface area contributed by atoms with Crippen molar-refractivity contribution >= 4 is 12.0 Å². The first-order valence-corrected chi connectivity index (χ1v) is 9.65. The molecule has 3 rings (SSSR count). The molecular weight excluding hydrogens is 372 g/mol. The summed E-state index contributed by atoms with van der Waals surface area (Å²) in [4.78, 5) is 25.0. The third-order valence-electron chi connectivity index (χ3n) is 5.04. The number of nitrogens with one attached hydrogen (secondary N) is 1. The molecule has 7 nitrogen and oxygen atoms in total. The summed E-state index contributed by atoms with van der Waals surface area (Å²) in [5.41, 5.74) is 2.11. The molecule has 7 heteroatoms. The van der Waals surface area contributed by atoms with E-state index >= 15 is 0 Å². The molecule has 154 valence electrons. The SMILES string of the molecule is COc1ccccc1COC1CCN(C(=O)NCc2ccc(C(=O)O)cc2)CC1. The summed E-state index contributed by atoms with van der Waals surface area (Å²) in [7, 11) is 1.65. The van der Waals surface area contributed by atoms with Crippen molar-refractivity contribution in [3.63, 3.8) is 0 Å². The number of carbonyl (C=O) groups excluding carboxylic acids is 1. The number of hydrogen-bond acceptors (Lipinski definition) is 4. The lowest BCUT2D eigenvalue weighted by Gasteiger charge is -2.32. The number of likely N-dealkylation sites (tertiary alicyclic amines) is 1. The van der Waals surface area contributed by atoms with Crippen molar-refractivity contribution < 1.29 is 24.2 Å². The van der Waals surface area contributed by atoms with Crippen LogP contribution in [0.25, 0.3) is 0 Å². The van der Waals surface area contributed by atoms with E-state index in [2.05, 4.69) is 5.32 Å². The summed E-state index contributed by atoms with van der Waals surface area (Å²) < 4.78 is 11.4. The number of amides is 2. The Morgan fingerprint density at radius 2 is 1.79 bits per heavy atom. The first kappa shape index (κ1) is 20.7. The van der Waals surface area contributed by atoms with Gasteiger partial charge in [0.25, 0.3) is 0 Å². The molecule has 1 aliphatic heterocycles. The van der Waals surface area contributed by atoms with Gasteiger partial charge in [-0.2, -0.15) is 0 Å². The number of nitrogens with zero attached hydrogens (tertiary/aromatic N) is 1. The van der Waals surface area contributed by atoms with E-state index in [1.165, 1.54) is 12.1 Å². The molecule has 0 saturated carbocycles. The van der Waals surface area contributed by atoms with Gasteiger partial charge in [0.05, 0.1) is 25.4 Å². The molecule has 2 aromatic rings. The van der Waals surface area contributed by atoms with Gasteiger partial charge >= 0.3 is 12.0 Å². The van der Waals surface area contributed by atoms with Crippen molar-refractivity contribution in [2.24, 2.45) is 0 Å². The Hall–Kier alpha value is -3.06. The number of rotatable bonds is 7. The number of carbonyl (C=O) groups is 2. The topological polar surface area (TPSA) is 88.1 Å². The van der Waals surface area contributed by atoms with E-state index in [0.29, 0.717) is 26.2 Å². The fourth-order valence-electron chi connectivity index (χ4n) is 3.31. The van der Waals surface area contributed by atoms with Crippen molar-refractivity contribution in [2.45, 2.75) is 32.1 Å². The third kappa shape index (κ3) is 5.71. The van der Waals surface area contributed by atoms with E-state index in [9.17, 15) is 9.59 Å². The van der Waals surface area contributed by atoms with Crippen LogP contribution in [0.1, 0.15) is 34.3 Å². The molecule has 2 amide bonds. The number of benzene rings is 2. The maximum absolute atomic E-state index is 12.4. The van der Waals surface area contributed by atoms with Crippen molar-refractivity contribution in [1.29, 1.82) is 0 Å². The highest BCUT2D eigenvalue weighted by Crippen LogP contribution is 2.21. The number of methoxy groups -OCH3 is 1. The van der Waals surface area contributed by atoms with E-state index < -0.39 is 5.97 Å². The fourth-order valence-corrected chi connectivity index (χ4v) is 3.31. The molecule has 1 fully saturated rings. The lowest BCUT2D eigenvalue weighted by molar-refractivity contribution is 0.00376. The zero-order valence-corrected chi connectivity index (χ0v) is 16.5. The van der Waals surface area contributed by atoms with Crippen LogP contribution in [0.3, 0.4) is 0 Å². The first-order valence-electron chi connectivity index (χ1n) is 9.65. The summed E-state index contributed by atoms with van der Waals surface area (Å²) in [6.07, 6.45) is 1.69. The van der Waals surface area contributed by atoms with Crippen molar-refractivity contribution in [3.05, 3.63) is 65.2 Å². The molecule has 0 atom stereocenters. The molecule has 0 bridgehead atoms. The van der Waals surface area contributed by atoms with Gasteiger partial charge in [-0.1, -0.05) is 30.3 Å². The van der Waals surface area contributed by atoms with Crippen LogP contribution in [0.4, 0.5) is 4.79 Å². The maximum atomic E-state index is 12.4. The highest BCUT2D eigenvalue weighted by Gasteiger charge is 2.23. The lowest BCUT2D eigenvalue weighted by atomic mass is 10.1. The second-order valence-electron chi connectivity index (χ2n) is 6.97. The zero-order chi connectivity index (χ0) is 20.6. The molecular formula is C22H26N2O5. The Balaban J connectivity index is 1.40. The molecule has 1 aliphatic rings. The van der Waals surface area contributed by atoms with Crippen LogP contribution in [0, 0.1) is 0 Å². The average Bonchev–Trinajstić information content (AvgIpc) is 2.76. The van der Waals surface area contributed by atoms with Crippen molar-refractivity contribution in [3.8, 4) is 5.75 Å². The smallest absolute Gasteiger partial charge is 0.335 e. The Kier molecular flexibility index (Phi) is 7.08. The van der Waals surface area contributed by atoms with Gasteiger partial charge in [0.15, 0.2) is 0 Å². The number of aromatic carboxylic acids is 1. The molecule has 29 heavy (non-hydrogen) atoms. The predicted molar refractivity (Wildman–Crippen MR) is 108 cm³/mol. The third-order valence-corrected chi connectivity index (χ3v) is 5.04. The highest BCUT2D eigenvalue weighted by atomic mass is 16.5. The summed E-state index contributed by atoms with van der Waals surface area (Å²) >= 11 is 0. The molecule has 0 radical (unpaired) electrons. The Morgan fingerprint density at radius 1 is 1.10 bits per heavy atom. The van der Waals surface area contributed by atoms with Crippen LogP contribution in [-0.4, -0.2) is 48.3 Å². The van der Waals surface area contributed by atoms with E-state index in [1.807, 2.05) is 24.3 Å². The van der Waals surface area contributed by atoms with Gasteiger partial charge in [-0.05, 0) is 36.6 Å². The quantitative estimate of drug-likeness (QED) is 0.747. The van der Waals surface area contributed by atoms with Crippen LogP contribution in [0.2, 0.25) is 0 Å². The number of piperidine rings is 1. The molecule has 0 unspecified atom stereocenters. The molecule has 0 spiro atoms. The monoisotopic (exact) mass is 398 g/mol. The minimum Gasteiger partial charge on any atom is -0.496 e. The number of hydrogen-bond donors (Lipinski definition) is 2. The number of carboxylic acid groups (broad SMARTS) is 1. The summed E-state index contributed by atoms with van der Waals surface area (Å²) in [6.45, 7) is 2.14. The van der Waals surface area contributed by atoms with Gasteiger partial charge in [0.2, 0.25) is 0 Å². The molecule has 2 N–H and O–H groups in total. The summed E-state index contributed by atoms with van der Waals surface area (Å²) in [5, 5.41) is 11.8. The van der Waals surface area contributed by atoms with Crippen LogP contribution >= 0.6 is 0 Å². The van der Waals surface area contributed by atoms with E-state index in [4.69, 9.17) is 14.6 Å². The van der Waals surface area contributed by atoms with Gasteiger partial charge in [-0.15, -0.1) is 0 Å². The number of carboxylic acids is 1. The van der Waals surface area contributed by atoms with Gasteiger partial charge in [-0.25, -0.2) is 9.59 Å². The van der Waals surface area contributed by atoms with Crippen LogP contribution in [-0.2, 0) is 17.9 Å². The van der Waals surface area contributed by atoms with Gasteiger partial charge < -0.3 is 24.8 Å². The molecule has 2 aromatic carbocycles. The summed E-state index contributed by atoms with van der Waals surface area (Å²) in [5.74, 6) is -0.142. The summed E-state index contributed by atoms with van der Waals surface area (Å²) in [6, 6.07) is 14.2. The zero-order valence-electron chi connectivity index (χ0n) is 16.5. The largest absolute Gasteiger partial charge is 0.496 e. The first-order chi connectivity index (χ1) is 14.1. The second kappa shape index (κ2) is 9.93. The Bertz CT molecular complexity index is 829. The van der Waals surface area contributed by atoms with E-state index in [-0.39, 0.29) is 17.7 Å². The van der Waals surface area contributed by atoms with Crippen LogP contribution < -0.4 is 10.1 Å². The standard InChI is InChI=1S/C22H26N2O5/c1-28-20-5-3-2-4-18(20)15-29-19-10-12-24(13-11-19)22(27)23-14-16-6-8-17(9-7-16)21(25)26/h2-9,19H,10-15H2,1H3,(H,23,27)(H,25,26). The number of ether oxygens (including phenoxy) is 2. The molecule has 0 aromatic heterocycles. The highest BCUT2D eigenvalue weighted by molar-refractivity contribution is 5.87. The van der Waals surface area contributed by atoms with E-state index in [1.54, 1.807) is 24.1 Å². The van der Waals surface area contributed by atoms with Gasteiger partial charge in [-0.3, -0.25) is 0 Å². The predicted octanol–water partition coefficient (Wildman–Crippen LogP) is 3.28. The average molecular weight is 398 g/mol. The van der Waals surface area contributed by atoms with E-state index in [0.717, 1.165) is 29.7 Å². The Morgan fingerprint density at radius 3 is 2.45 bits per heavy atom. The lowest BCUT2D eigenvalue weighted by Crippen LogP contribution is -2.45. The van der Waals surface area contributed by atoms with Crippen molar-refractivity contribution in [1.82, 2.24) is 10.2 Å². The molecule has 1 saturated heterocycles. The Labute approximate surface area is 170 Å². The number of urea groups is 1. The normalized spacial score (nSPS) is 14.4. The van der Waals surface area contributed by atoms with Crippen LogP contribution in [0.5, 0.6) is 5.75 Å².